The molecule has 2 aliphatic heterocycles. The van der Waals surface area contributed by atoms with Gasteiger partial charge in [-0.2, -0.15) is 0 Å². The molecule has 2 N–H and O–H groups in total. The molecule has 0 aromatic heterocycles. The second-order valence-electron chi connectivity index (χ2n) is 6.92. The number of amides is 1. The lowest BCUT2D eigenvalue weighted by Crippen LogP contribution is -2.34. The molecule has 0 bridgehead atoms. The SMILES string of the molecule is CC1(CN)CCN(C(=O)c2ccc3c(c2)CCN3S(C)(=O)=O)C1.Cl. The second-order valence-corrected chi connectivity index (χ2v) is 8.83. The summed E-state index contributed by atoms with van der Waals surface area (Å²) in [5, 5.41) is 0. The Hall–Kier alpha value is -1.31. The molecular weight excluding hydrogens is 350 g/mol. The largest absolute Gasteiger partial charge is 0.338 e. The topological polar surface area (TPSA) is 83.7 Å². The van der Waals surface area contributed by atoms with Crippen LogP contribution in [0.2, 0.25) is 0 Å². The van der Waals surface area contributed by atoms with Crippen molar-refractivity contribution < 1.29 is 13.2 Å². The zero-order valence-corrected chi connectivity index (χ0v) is 15.6. The van der Waals surface area contributed by atoms with Gasteiger partial charge in [0.25, 0.3) is 5.91 Å². The first kappa shape index (κ1) is 19.0. The molecule has 24 heavy (non-hydrogen) atoms. The summed E-state index contributed by atoms with van der Waals surface area (Å²) in [5.74, 6) is 0.00257. The van der Waals surface area contributed by atoms with Crippen LogP contribution in [0, 0.1) is 5.41 Å². The number of benzene rings is 1. The van der Waals surface area contributed by atoms with Crippen molar-refractivity contribution in [1.82, 2.24) is 4.90 Å². The van der Waals surface area contributed by atoms with E-state index in [4.69, 9.17) is 5.73 Å². The van der Waals surface area contributed by atoms with Crippen LogP contribution >= 0.6 is 12.4 Å². The molecule has 1 aromatic carbocycles. The normalized spacial score (nSPS) is 23.1. The minimum Gasteiger partial charge on any atom is -0.338 e. The van der Waals surface area contributed by atoms with Crippen LogP contribution in [0.5, 0.6) is 0 Å². The van der Waals surface area contributed by atoms with Crippen LogP contribution in [0.4, 0.5) is 5.69 Å². The molecule has 1 saturated heterocycles. The fourth-order valence-electron chi connectivity index (χ4n) is 3.40. The van der Waals surface area contributed by atoms with Gasteiger partial charge in [0.1, 0.15) is 0 Å². The van der Waals surface area contributed by atoms with Gasteiger partial charge in [-0.25, -0.2) is 8.42 Å². The molecule has 2 heterocycles. The smallest absolute Gasteiger partial charge is 0.253 e. The van der Waals surface area contributed by atoms with E-state index < -0.39 is 10.0 Å². The van der Waals surface area contributed by atoms with Gasteiger partial charge in [-0.05, 0) is 48.6 Å². The number of likely N-dealkylation sites (tertiary alicyclic amines) is 1. The zero-order chi connectivity index (χ0) is 16.8. The maximum absolute atomic E-state index is 12.7. The quantitative estimate of drug-likeness (QED) is 0.864. The highest BCUT2D eigenvalue weighted by molar-refractivity contribution is 7.92. The van der Waals surface area contributed by atoms with Crippen molar-refractivity contribution in [1.29, 1.82) is 0 Å². The van der Waals surface area contributed by atoms with Crippen LogP contribution in [-0.2, 0) is 16.4 Å². The van der Waals surface area contributed by atoms with Crippen molar-refractivity contribution in [3.63, 3.8) is 0 Å². The van der Waals surface area contributed by atoms with Gasteiger partial charge in [-0.1, -0.05) is 6.92 Å². The summed E-state index contributed by atoms with van der Waals surface area (Å²) in [7, 11) is -3.26. The molecule has 0 aliphatic carbocycles. The van der Waals surface area contributed by atoms with Gasteiger partial charge in [0.05, 0.1) is 11.9 Å². The lowest BCUT2D eigenvalue weighted by molar-refractivity contribution is 0.0777. The van der Waals surface area contributed by atoms with Crippen molar-refractivity contribution >= 4 is 34.0 Å². The van der Waals surface area contributed by atoms with Crippen LogP contribution in [0.25, 0.3) is 0 Å². The molecule has 1 unspecified atom stereocenters. The van der Waals surface area contributed by atoms with Crippen molar-refractivity contribution in [2.75, 3.05) is 36.7 Å². The number of sulfonamides is 1. The average molecular weight is 374 g/mol. The summed E-state index contributed by atoms with van der Waals surface area (Å²) in [6.07, 6.45) is 2.77. The summed E-state index contributed by atoms with van der Waals surface area (Å²) in [6.45, 7) is 4.52. The molecule has 2 aliphatic rings. The number of rotatable bonds is 3. The Labute approximate surface area is 149 Å². The van der Waals surface area contributed by atoms with Crippen LogP contribution < -0.4 is 10.0 Å². The molecule has 0 spiro atoms. The van der Waals surface area contributed by atoms with Gasteiger partial charge in [0, 0.05) is 25.2 Å². The van der Waals surface area contributed by atoms with Gasteiger partial charge >= 0.3 is 0 Å². The fraction of sp³-hybridized carbons (Fsp3) is 0.562. The minimum absolute atomic E-state index is 0. The van der Waals surface area contributed by atoms with Gasteiger partial charge in [-0.15, -0.1) is 12.4 Å². The predicted octanol–water partition coefficient (Wildman–Crippen LogP) is 1.24. The number of hydrogen-bond acceptors (Lipinski definition) is 4. The predicted molar refractivity (Wildman–Crippen MR) is 97.3 cm³/mol. The minimum atomic E-state index is -3.26. The summed E-state index contributed by atoms with van der Waals surface area (Å²) < 4.78 is 24.9. The van der Waals surface area contributed by atoms with Gasteiger partial charge in [-0.3, -0.25) is 9.10 Å². The van der Waals surface area contributed by atoms with Gasteiger partial charge in [0.15, 0.2) is 0 Å². The third kappa shape index (κ3) is 3.38. The van der Waals surface area contributed by atoms with Crippen molar-refractivity contribution in [2.45, 2.75) is 19.8 Å². The van der Waals surface area contributed by atoms with Crippen LogP contribution in [-0.4, -0.2) is 51.7 Å². The number of carbonyl (C=O) groups excluding carboxylic acids is 1. The summed E-state index contributed by atoms with van der Waals surface area (Å²) >= 11 is 0. The summed E-state index contributed by atoms with van der Waals surface area (Å²) in [6, 6.07) is 5.30. The van der Waals surface area contributed by atoms with Crippen LogP contribution in [0.15, 0.2) is 18.2 Å². The third-order valence-corrected chi connectivity index (χ3v) is 6.10. The maximum Gasteiger partial charge on any atom is 0.253 e. The van der Waals surface area contributed by atoms with Crippen molar-refractivity contribution in [2.24, 2.45) is 11.1 Å². The number of halogens is 1. The molecule has 1 amide bonds. The molecule has 1 aromatic rings. The first-order chi connectivity index (χ1) is 10.7. The lowest BCUT2D eigenvalue weighted by atomic mass is 9.90. The first-order valence-electron chi connectivity index (χ1n) is 7.83. The highest BCUT2D eigenvalue weighted by Gasteiger charge is 2.35. The number of carbonyl (C=O) groups is 1. The highest BCUT2D eigenvalue weighted by Crippen LogP contribution is 2.33. The number of hydrogen-bond donors (Lipinski definition) is 1. The number of nitrogens with two attached hydrogens (primary N) is 1. The Balaban J connectivity index is 0.00000208. The Morgan fingerprint density at radius 2 is 2.04 bits per heavy atom. The average Bonchev–Trinajstić information content (AvgIpc) is 3.09. The van der Waals surface area contributed by atoms with E-state index in [0.29, 0.717) is 37.3 Å². The van der Waals surface area contributed by atoms with E-state index in [0.717, 1.165) is 18.5 Å². The number of nitrogens with zero attached hydrogens (tertiary/aromatic N) is 2. The molecule has 1 fully saturated rings. The Morgan fingerprint density at radius 3 is 2.62 bits per heavy atom. The first-order valence-corrected chi connectivity index (χ1v) is 9.68. The van der Waals surface area contributed by atoms with E-state index in [1.807, 2.05) is 11.0 Å². The van der Waals surface area contributed by atoms with E-state index in [1.54, 1.807) is 12.1 Å². The summed E-state index contributed by atoms with van der Waals surface area (Å²) in [4.78, 5) is 14.5. The molecule has 3 rings (SSSR count). The van der Waals surface area contributed by atoms with E-state index in [2.05, 4.69) is 6.92 Å². The van der Waals surface area contributed by atoms with Crippen molar-refractivity contribution in [3.8, 4) is 0 Å². The Kier molecular flexibility index (Phi) is 5.18. The van der Waals surface area contributed by atoms with Crippen molar-refractivity contribution in [3.05, 3.63) is 29.3 Å². The maximum atomic E-state index is 12.7. The van der Waals surface area contributed by atoms with Gasteiger partial charge in [0.2, 0.25) is 10.0 Å². The Bertz CT molecular complexity index is 753. The van der Waals surface area contributed by atoms with E-state index in [1.165, 1.54) is 10.6 Å². The molecule has 8 heteroatoms. The van der Waals surface area contributed by atoms with E-state index >= 15 is 0 Å². The number of anilines is 1. The monoisotopic (exact) mass is 373 g/mol. The second kappa shape index (κ2) is 6.54. The van der Waals surface area contributed by atoms with Crippen LogP contribution in [0.1, 0.15) is 29.3 Å². The molecular formula is C16H24ClN3O3S. The highest BCUT2D eigenvalue weighted by atomic mass is 35.5. The lowest BCUT2D eigenvalue weighted by Gasteiger charge is -2.23. The van der Waals surface area contributed by atoms with Gasteiger partial charge < -0.3 is 10.6 Å². The standard InChI is InChI=1S/C16H23N3O3S.ClH/c1-16(10-17)6-8-18(11-16)15(20)13-3-4-14-12(9-13)5-7-19(14)23(2,21)22;/h3-4,9H,5-8,10-11,17H2,1-2H3;1H. The molecule has 6 nitrogen and oxygen atoms in total. The van der Waals surface area contributed by atoms with Crippen LogP contribution in [0.3, 0.4) is 0 Å². The van der Waals surface area contributed by atoms with E-state index in [9.17, 15) is 13.2 Å². The number of fused-ring (bicyclic) bond motifs is 1. The fourth-order valence-corrected chi connectivity index (χ4v) is 4.35. The molecule has 0 saturated carbocycles. The molecule has 1 atom stereocenters. The van der Waals surface area contributed by atoms with E-state index in [-0.39, 0.29) is 23.7 Å². The third-order valence-electron chi connectivity index (χ3n) is 4.92. The summed E-state index contributed by atoms with van der Waals surface area (Å²) in [5.41, 5.74) is 8.03. The zero-order valence-electron chi connectivity index (χ0n) is 14.0. The molecule has 134 valence electrons. The Morgan fingerprint density at radius 1 is 1.33 bits per heavy atom. The molecule has 0 radical (unpaired) electrons.